The fourth-order valence-electron chi connectivity index (χ4n) is 1.69. The number of aliphatic hydroxyl groups is 1. The van der Waals surface area contributed by atoms with Crippen LogP contribution in [0.3, 0.4) is 0 Å². The second kappa shape index (κ2) is 5.79. The predicted octanol–water partition coefficient (Wildman–Crippen LogP) is -0.333. The first-order valence-electron chi connectivity index (χ1n) is 5.17. The second-order valence-electron chi connectivity index (χ2n) is 3.83. The van der Waals surface area contributed by atoms with E-state index in [-0.39, 0.29) is 24.9 Å². The van der Waals surface area contributed by atoms with Crippen molar-refractivity contribution in [2.75, 3.05) is 39.2 Å². The van der Waals surface area contributed by atoms with Crippen molar-refractivity contribution >= 4 is 10.0 Å². The summed E-state index contributed by atoms with van der Waals surface area (Å²) >= 11 is 0. The molecule has 0 aromatic rings. The van der Waals surface area contributed by atoms with Crippen LogP contribution in [0.25, 0.3) is 0 Å². The van der Waals surface area contributed by atoms with E-state index in [1.807, 2.05) is 0 Å². The molecule has 0 radical (unpaired) electrons. The van der Waals surface area contributed by atoms with Gasteiger partial charge in [0, 0.05) is 26.8 Å². The monoisotopic (exact) mass is 237 g/mol. The highest BCUT2D eigenvalue weighted by Crippen LogP contribution is 2.18. The Morgan fingerprint density at radius 3 is 2.47 bits per heavy atom. The molecule has 1 heterocycles. The summed E-state index contributed by atoms with van der Waals surface area (Å²) in [6, 6.07) is 0. The first-order valence-corrected chi connectivity index (χ1v) is 6.78. The van der Waals surface area contributed by atoms with Crippen LogP contribution in [0.5, 0.6) is 0 Å². The molecule has 1 rings (SSSR count). The topological polar surface area (TPSA) is 66.8 Å². The second-order valence-corrected chi connectivity index (χ2v) is 5.92. The highest BCUT2D eigenvalue weighted by atomic mass is 32.2. The Morgan fingerprint density at radius 1 is 1.40 bits per heavy atom. The number of ether oxygens (including phenoxy) is 1. The average molecular weight is 237 g/mol. The quantitative estimate of drug-likeness (QED) is 0.711. The van der Waals surface area contributed by atoms with E-state index in [0.717, 1.165) is 12.8 Å². The van der Waals surface area contributed by atoms with Crippen LogP contribution in [0, 0.1) is 5.92 Å². The molecular weight excluding hydrogens is 218 g/mol. The third-order valence-corrected chi connectivity index (χ3v) is 4.61. The van der Waals surface area contributed by atoms with E-state index in [4.69, 9.17) is 9.84 Å². The highest BCUT2D eigenvalue weighted by Gasteiger charge is 2.27. The van der Waals surface area contributed by atoms with Gasteiger partial charge in [0.2, 0.25) is 10.0 Å². The lowest BCUT2D eigenvalue weighted by Crippen LogP contribution is -2.41. The maximum absolute atomic E-state index is 11.7. The molecule has 1 aliphatic heterocycles. The third kappa shape index (κ3) is 3.71. The minimum absolute atomic E-state index is 0.0489. The van der Waals surface area contributed by atoms with E-state index in [1.54, 1.807) is 0 Å². The number of aliphatic hydroxyl groups excluding tert-OH is 1. The van der Waals surface area contributed by atoms with Crippen LogP contribution >= 0.6 is 0 Å². The Balaban J connectivity index is 2.45. The average Bonchev–Trinajstić information content (AvgIpc) is 2.26. The van der Waals surface area contributed by atoms with Gasteiger partial charge in [-0.2, -0.15) is 0 Å². The zero-order valence-electron chi connectivity index (χ0n) is 9.05. The number of hydrogen-bond acceptors (Lipinski definition) is 4. The fourth-order valence-corrected chi connectivity index (χ4v) is 3.09. The van der Waals surface area contributed by atoms with Crippen molar-refractivity contribution in [3.05, 3.63) is 0 Å². The summed E-state index contributed by atoms with van der Waals surface area (Å²) < 4.78 is 29.7. The summed E-state index contributed by atoms with van der Waals surface area (Å²) in [5.41, 5.74) is 0. The Kier molecular flexibility index (Phi) is 4.98. The molecule has 0 aromatic carbocycles. The van der Waals surface area contributed by atoms with Crippen molar-refractivity contribution < 1.29 is 18.3 Å². The summed E-state index contributed by atoms with van der Waals surface area (Å²) in [5, 5.41) is 8.93. The summed E-state index contributed by atoms with van der Waals surface area (Å²) in [6.45, 7) is 1.45. The minimum Gasteiger partial charge on any atom is -0.396 e. The van der Waals surface area contributed by atoms with Crippen LogP contribution < -0.4 is 0 Å². The zero-order chi connectivity index (χ0) is 11.3. The van der Waals surface area contributed by atoms with Gasteiger partial charge >= 0.3 is 0 Å². The van der Waals surface area contributed by atoms with E-state index in [1.165, 1.54) is 11.4 Å². The van der Waals surface area contributed by atoms with Gasteiger partial charge in [0.1, 0.15) is 0 Å². The molecule has 1 N–H and O–H groups in total. The van der Waals surface area contributed by atoms with Crippen LogP contribution in [0.4, 0.5) is 0 Å². The number of nitrogens with zero attached hydrogens (tertiary/aromatic N) is 1. The van der Waals surface area contributed by atoms with E-state index < -0.39 is 10.0 Å². The minimum atomic E-state index is -3.15. The molecular formula is C9H19NO4S. The number of piperidine rings is 1. The molecule has 0 spiro atoms. The van der Waals surface area contributed by atoms with E-state index in [9.17, 15) is 8.42 Å². The maximum atomic E-state index is 11.7. The number of rotatable bonds is 5. The van der Waals surface area contributed by atoms with Crippen LogP contribution in [0.1, 0.15) is 12.8 Å². The van der Waals surface area contributed by atoms with Gasteiger partial charge in [-0.3, -0.25) is 0 Å². The molecule has 0 unspecified atom stereocenters. The molecule has 1 fully saturated rings. The predicted molar refractivity (Wildman–Crippen MR) is 57.0 cm³/mol. The van der Waals surface area contributed by atoms with Gasteiger partial charge < -0.3 is 9.84 Å². The van der Waals surface area contributed by atoms with Crippen LogP contribution in [0.2, 0.25) is 0 Å². The largest absolute Gasteiger partial charge is 0.396 e. The van der Waals surface area contributed by atoms with Crippen LogP contribution in [0.15, 0.2) is 0 Å². The van der Waals surface area contributed by atoms with Gasteiger partial charge in [0.25, 0.3) is 0 Å². The summed E-state index contributed by atoms with van der Waals surface area (Å²) in [6.07, 6.45) is 1.51. The van der Waals surface area contributed by atoms with Gasteiger partial charge in [-0.1, -0.05) is 0 Å². The smallest absolute Gasteiger partial charge is 0.216 e. The Morgan fingerprint density at radius 2 is 2.00 bits per heavy atom. The summed E-state index contributed by atoms with van der Waals surface area (Å²) in [7, 11) is -1.66. The first kappa shape index (κ1) is 12.9. The Bertz CT molecular complexity index is 270. The van der Waals surface area contributed by atoms with Crippen molar-refractivity contribution in [3.63, 3.8) is 0 Å². The highest BCUT2D eigenvalue weighted by molar-refractivity contribution is 7.89. The standard InChI is InChI=1S/C9H19NO4S/c1-14-6-7-15(12,13)10-4-2-9(8-11)3-5-10/h9,11H,2-8H2,1H3. The Labute approximate surface area is 91.1 Å². The van der Waals surface area contributed by atoms with Gasteiger partial charge in [-0.15, -0.1) is 0 Å². The molecule has 0 saturated carbocycles. The number of sulfonamides is 1. The molecule has 90 valence electrons. The molecule has 0 aliphatic carbocycles. The van der Waals surface area contributed by atoms with E-state index in [2.05, 4.69) is 0 Å². The molecule has 0 bridgehead atoms. The summed E-state index contributed by atoms with van der Waals surface area (Å²) in [5.74, 6) is 0.312. The molecule has 1 aliphatic rings. The molecule has 1 saturated heterocycles. The molecule has 6 heteroatoms. The van der Waals surface area contributed by atoms with Crippen molar-refractivity contribution in [1.82, 2.24) is 4.31 Å². The summed E-state index contributed by atoms with van der Waals surface area (Å²) in [4.78, 5) is 0. The maximum Gasteiger partial charge on any atom is 0.216 e. The first-order chi connectivity index (χ1) is 7.10. The molecule has 0 atom stereocenters. The lowest BCUT2D eigenvalue weighted by Gasteiger charge is -2.30. The van der Waals surface area contributed by atoms with Crippen LogP contribution in [-0.4, -0.2) is 57.0 Å². The fraction of sp³-hybridized carbons (Fsp3) is 1.00. The molecule has 0 aromatic heterocycles. The van der Waals surface area contributed by atoms with Gasteiger partial charge in [0.05, 0.1) is 12.4 Å². The third-order valence-electron chi connectivity index (χ3n) is 2.77. The molecule has 5 nitrogen and oxygen atoms in total. The van der Waals surface area contributed by atoms with Crippen molar-refractivity contribution in [1.29, 1.82) is 0 Å². The van der Waals surface area contributed by atoms with Crippen molar-refractivity contribution in [3.8, 4) is 0 Å². The lowest BCUT2D eigenvalue weighted by atomic mass is 10.00. The SMILES string of the molecule is COCCS(=O)(=O)N1CCC(CO)CC1. The van der Waals surface area contributed by atoms with Gasteiger partial charge in [-0.25, -0.2) is 12.7 Å². The van der Waals surface area contributed by atoms with Crippen molar-refractivity contribution in [2.45, 2.75) is 12.8 Å². The Hall–Kier alpha value is -0.170. The lowest BCUT2D eigenvalue weighted by molar-refractivity contribution is 0.168. The normalized spacial score (nSPS) is 20.7. The number of methoxy groups -OCH3 is 1. The van der Waals surface area contributed by atoms with Crippen molar-refractivity contribution in [2.24, 2.45) is 5.92 Å². The van der Waals surface area contributed by atoms with E-state index in [0.29, 0.717) is 13.1 Å². The van der Waals surface area contributed by atoms with Gasteiger partial charge in [-0.05, 0) is 18.8 Å². The zero-order valence-corrected chi connectivity index (χ0v) is 9.87. The van der Waals surface area contributed by atoms with Crippen LogP contribution in [-0.2, 0) is 14.8 Å². The molecule has 15 heavy (non-hydrogen) atoms. The van der Waals surface area contributed by atoms with Gasteiger partial charge in [0.15, 0.2) is 0 Å². The number of hydrogen-bond donors (Lipinski definition) is 1. The molecule has 0 amide bonds. The van der Waals surface area contributed by atoms with E-state index >= 15 is 0 Å².